The van der Waals surface area contributed by atoms with Gasteiger partial charge in [-0.25, -0.2) is 9.78 Å². The van der Waals surface area contributed by atoms with E-state index in [0.29, 0.717) is 0 Å². The van der Waals surface area contributed by atoms with Crippen LogP contribution in [0.25, 0.3) is 33.5 Å². The second-order valence-electron chi connectivity index (χ2n) is 9.66. The van der Waals surface area contributed by atoms with Crippen LogP contribution >= 0.6 is 0 Å². The molecule has 6 rings (SSSR count). The lowest BCUT2D eigenvalue weighted by atomic mass is 10.0. The van der Waals surface area contributed by atoms with Gasteiger partial charge >= 0.3 is 12.1 Å². The summed E-state index contributed by atoms with van der Waals surface area (Å²) >= 11 is 0. The molecule has 0 bridgehead atoms. The zero-order valence-electron chi connectivity index (χ0n) is 22.1. The van der Waals surface area contributed by atoms with Gasteiger partial charge in [0.15, 0.2) is 0 Å². The van der Waals surface area contributed by atoms with Crippen LogP contribution in [0.5, 0.6) is 0 Å². The summed E-state index contributed by atoms with van der Waals surface area (Å²) in [7, 11) is 0. The predicted molar refractivity (Wildman–Crippen MR) is 152 cm³/mol. The van der Waals surface area contributed by atoms with Gasteiger partial charge in [-0.05, 0) is 53.1 Å². The third-order valence-corrected chi connectivity index (χ3v) is 6.83. The second kappa shape index (κ2) is 12.2. The number of carbonyl (C=O) groups is 1. The lowest BCUT2D eigenvalue weighted by molar-refractivity contribution is -0.192. The third-order valence-electron chi connectivity index (χ3n) is 6.83. The summed E-state index contributed by atoms with van der Waals surface area (Å²) in [5.74, 6) is -1.85. The fourth-order valence-electron chi connectivity index (χ4n) is 4.76. The number of aliphatic carboxylic acids is 1. The number of carboxylic acids is 1. The number of anilines is 1. The Hall–Kier alpha value is -4.70. The molecule has 2 aromatic heterocycles. The van der Waals surface area contributed by atoms with E-state index in [0.717, 1.165) is 55.1 Å². The Kier molecular flexibility index (Phi) is 8.30. The summed E-state index contributed by atoms with van der Waals surface area (Å²) in [6, 6.07) is 29.9. The number of nitrogens with one attached hydrogen (secondary N) is 1. The van der Waals surface area contributed by atoms with Gasteiger partial charge in [0, 0.05) is 56.4 Å². The predicted octanol–water partition coefficient (Wildman–Crippen LogP) is 6.25. The third kappa shape index (κ3) is 7.09. The Balaban J connectivity index is 0.000000431. The van der Waals surface area contributed by atoms with E-state index in [1.54, 1.807) is 0 Å². The molecule has 0 saturated carbocycles. The highest BCUT2D eigenvalue weighted by molar-refractivity contribution is 5.80. The van der Waals surface area contributed by atoms with Crippen molar-refractivity contribution >= 4 is 22.7 Å². The van der Waals surface area contributed by atoms with Crippen LogP contribution in [0.2, 0.25) is 0 Å². The molecule has 1 aliphatic rings. The number of nitrogens with zero attached hydrogens (tertiary/aromatic N) is 4. The molecule has 3 heterocycles. The van der Waals surface area contributed by atoms with Gasteiger partial charge in [-0.3, -0.25) is 9.88 Å². The molecule has 0 spiro atoms. The van der Waals surface area contributed by atoms with E-state index in [1.165, 1.54) is 22.4 Å². The monoisotopic (exact) mass is 559 g/mol. The average molecular weight is 560 g/mol. The molecule has 1 fully saturated rings. The van der Waals surface area contributed by atoms with Crippen LogP contribution in [0, 0.1) is 0 Å². The highest BCUT2D eigenvalue weighted by atomic mass is 19.4. The lowest BCUT2D eigenvalue weighted by Gasteiger charge is -2.36. The summed E-state index contributed by atoms with van der Waals surface area (Å²) in [6.07, 6.45) is -1.34. The number of aromatic nitrogens is 3. The molecule has 3 aromatic carbocycles. The minimum Gasteiger partial charge on any atom is -0.475 e. The number of hydrogen-bond donors (Lipinski definition) is 2. The summed E-state index contributed by atoms with van der Waals surface area (Å²) in [4.78, 5) is 26.2. The maximum absolute atomic E-state index is 10.6. The Morgan fingerprint density at radius 1 is 0.829 bits per heavy atom. The molecule has 1 aliphatic heterocycles. The van der Waals surface area contributed by atoms with Crippen molar-refractivity contribution in [2.75, 3.05) is 31.1 Å². The van der Waals surface area contributed by atoms with Gasteiger partial charge in [0.25, 0.3) is 0 Å². The van der Waals surface area contributed by atoms with Gasteiger partial charge in [-0.15, -0.1) is 0 Å². The fourth-order valence-corrected chi connectivity index (χ4v) is 4.76. The molecule has 7 nitrogen and oxygen atoms in total. The number of fused-ring (bicyclic) bond motifs is 1. The zero-order chi connectivity index (χ0) is 28.8. The van der Waals surface area contributed by atoms with Crippen LogP contribution in [-0.4, -0.2) is 63.3 Å². The number of pyridine rings is 1. The van der Waals surface area contributed by atoms with Crippen molar-refractivity contribution in [1.29, 1.82) is 0 Å². The highest BCUT2D eigenvalue weighted by Crippen LogP contribution is 2.27. The van der Waals surface area contributed by atoms with E-state index < -0.39 is 12.1 Å². The number of benzene rings is 3. The molecule has 0 amide bonds. The number of aromatic amines is 1. The van der Waals surface area contributed by atoms with Crippen molar-refractivity contribution in [3.63, 3.8) is 0 Å². The molecular formula is C31H28F3N5O2. The van der Waals surface area contributed by atoms with E-state index in [1.807, 2.05) is 30.6 Å². The molecule has 1 saturated heterocycles. The summed E-state index contributed by atoms with van der Waals surface area (Å²) in [5, 5.41) is 7.12. The van der Waals surface area contributed by atoms with Crippen LogP contribution in [0.4, 0.5) is 18.9 Å². The lowest BCUT2D eigenvalue weighted by Crippen LogP contribution is -2.45. The number of H-pyrrole nitrogens is 1. The van der Waals surface area contributed by atoms with Crippen molar-refractivity contribution < 1.29 is 23.1 Å². The Bertz CT molecular complexity index is 1580. The van der Waals surface area contributed by atoms with Gasteiger partial charge in [0.05, 0.1) is 11.0 Å². The molecule has 41 heavy (non-hydrogen) atoms. The van der Waals surface area contributed by atoms with Gasteiger partial charge in [0.2, 0.25) is 0 Å². The molecular weight excluding hydrogens is 531 g/mol. The number of halogens is 3. The van der Waals surface area contributed by atoms with E-state index in [-0.39, 0.29) is 0 Å². The second-order valence-corrected chi connectivity index (χ2v) is 9.66. The number of hydrogen-bond acceptors (Lipinski definition) is 5. The summed E-state index contributed by atoms with van der Waals surface area (Å²) in [6.45, 7) is 5.19. The number of para-hydroxylation sites is 2. The maximum Gasteiger partial charge on any atom is 0.490 e. The number of alkyl halides is 3. The average Bonchev–Trinajstić information content (AvgIpc) is 3.43. The molecule has 210 valence electrons. The topological polar surface area (TPSA) is 85.3 Å². The van der Waals surface area contributed by atoms with E-state index in [9.17, 15) is 13.2 Å². The minimum absolute atomic E-state index is 0.909. The molecule has 2 N–H and O–H groups in total. The van der Waals surface area contributed by atoms with Crippen molar-refractivity contribution in [3.05, 3.63) is 103 Å². The smallest absolute Gasteiger partial charge is 0.475 e. The SMILES string of the molecule is O=C(O)C(F)(F)F.c1cc(CN2CCN(c3ccncc3)CC2)cc(-c2cccc(-c3nc4ccccc4[nH]3)c2)c1. The van der Waals surface area contributed by atoms with Crippen molar-refractivity contribution in [2.24, 2.45) is 0 Å². The minimum atomic E-state index is -5.08. The normalized spacial score (nSPS) is 14.0. The van der Waals surface area contributed by atoms with Gasteiger partial charge in [-0.1, -0.05) is 48.5 Å². The van der Waals surface area contributed by atoms with Gasteiger partial charge < -0.3 is 15.0 Å². The van der Waals surface area contributed by atoms with Gasteiger partial charge in [0.1, 0.15) is 5.82 Å². The van der Waals surface area contributed by atoms with E-state index in [4.69, 9.17) is 14.9 Å². The zero-order valence-corrected chi connectivity index (χ0v) is 22.1. The standard InChI is InChI=1S/C29H27N5.C2HF3O2/c1-2-10-28-27(9-1)31-29(32-28)25-8-4-7-24(20-25)23-6-3-5-22(19-23)21-33-15-17-34(18-16-33)26-11-13-30-14-12-26;3-2(4,5)1(6)7/h1-14,19-20H,15-18,21H2,(H,31,32);(H,6,7). The van der Waals surface area contributed by atoms with Gasteiger partial charge in [-0.2, -0.15) is 13.2 Å². The summed E-state index contributed by atoms with van der Waals surface area (Å²) < 4.78 is 31.7. The van der Waals surface area contributed by atoms with Crippen molar-refractivity contribution in [3.8, 4) is 22.5 Å². The molecule has 0 atom stereocenters. The molecule has 0 aliphatic carbocycles. The van der Waals surface area contributed by atoms with Crippen LogP contribution < -0.4 is 4.90 Å². The number of piperazine rings is 1. The fraction of sp³-hybridized carbons (Fsp3) is 0.194. The van der Waals surface area contributed by atoms with E-state index >= 15 is 0 Å². The molecule has 0 radical (unpaired) electrons. The van der Waals surface area contributed by atoms with Crippen molar-refractivity contribution in [2.45, 2.75) is 12.7 Å². The Morgan fingerprint density at radius 2 is 1.46 bits per heavy atom. The van der Waals surface area contributed by atoms with Crippen LogP contribution in [0.1, 0.15) is 5.56 Å². The highest BCUT2D eigenvalue weighted by Gasteiger charge is 2.38. The molecule has 0 unspecified atom stereocenters. The number of rotatable bonds is 5. The number of imidazole rings is 1. The van der Waals surface area contributed by atoms with E-state index in [2.05, 4.69) is 86.5 Å². The number of carboxylic acid groups (broad SMARTS) is 1. The van der Waals surface area contributed by atoms with Crippen molar-refractivity contribution in [1.82, 2.24) is 19.9 Å². The summed E-state index contributed by atoms with van der Waals surface area (Å²) in [5.41, 5.74) is 8.23. The first-order valence-electron chi connectivity index (χ1n) is 13.1. The van der Waals surface area contributed by atoms with Crippen LogP contribution in [0.3, 0.4) is 0 Å². The Morgan fingerprint density at radius 3 is 2.15 bits per heavy atom. The van der Waals surface area contributed by atoms with Crippen LogP contribution in [0.15, 0.2) is 97.3 Å². The molecule has 5 aromatic rings. The first kappa shape index (κ1) is 27.9. The maximum atomic E-state index is 10.6. The first-order valence-corrected chi connectivity index (χ1v) is 13.1. The van der Waals surface area contributed by atoms with Crippen LogP contribution in [-0.2, 0) is 11.3 Å². The molecule has 10 heteroatoms. The quantitative estimate of drug-likeness (QED) is 0.265. The first-order chi connectivity index (χ1) is 19.8. The largest absolute Gasteiger partial charge is 0.490 e. The Labute approximate surface area is 234 Å².